The topological polar surface area (TPSA) is 72.5 Å². The van der Waals surface area contributed by atoms with E-state index < -0.39 is 10.0 Å². The second-order valence-electron chi connectivity index (χ2n) is 6.49. The normalized spacial score (nSPS) is 16.3. The summed E-state index contributed by atoms with van der Waals surface area (Å²) in [6, 6.07) is 14.4. The van der Waals surface area contributed by atoms with Gasteiger partial charge in [-0.25, -0.2) is 13.1 Å². The summed E-state index contributed by atoms with van der Waals surface area (Å²) in [4.78, 5) is 11.5. The summed E-state index contributed by atoms with van der Waals surface area (Å²) in [7, 11) is -2.13. The van der Waals surface area contributed by atoms with E-state index in [0.29, 0.717) is 6.42 Å². The standard InChI is InChI=1S/C20H23NO4S/c1-25-20(22)9-5-6-15-10-12-18-16(14-15)11-13-19(18)21-26(23,24)17-7-3-2-4-8-17/h2-4,7-8,10,12,14,19,21H,5-6,9,11,13H2,1H3. The molecule has 1 N–H and O–H groups in total. The number of rotatable bonds is 7. The Kier molecular flexibility index (Phi) is 5.74. The van der Waals surface area contributed by atoms with Gasteiger partial charge in [-0.2, -0.15) is 0 Å². The zero-order chi connectivity index (χ0) is 18.6. The third-order valence-electron chi connectivity index (χ3n) is 4.71. The molecule has 6 heteroatoms. The number of hydrogen-bond donors (Lipinski definition) is 1. The van der Waals surface area contributed by atoms with Gasteiger partial charge >= 0.3 is 5.97 Å². The summed E-state index contributed by atoms with van der Waals surface area (Å²) < 4.78 is 32.6. The molecule has 0 radical (unpaired) electrons. The van der Waals surface area contributed by atoms with Gasteiger partial charge in [0.25, 0.3) is 0 Å². The predicted molar refractivity (Wildman–Crippen MR) is 99.2 cm³/mol. The van der Waals surface area contributed by atoms with Crippen molar-refractivity contribution in [1.29, 1.82) is 0 Å². The second kappa shape index (κ2) is 8.01. The quantitative estimate of drug-likeness (QED) is 0.757. The molecule has 0 amide bonds. The Balaban J connectivity index is 1.67. The lowest BCUT2D eigenvalue weighted by Gasteiger charge is -2.15. The Labute approximate surface area is 154 Å². The molecule has 1 unspecified atom stereocenters. The third kappa shape index (κ3) is 4.31. The smallest absolute Gasteiger partial charge is 0.305 e. The van der Waals surface area contributed by atoms with E-state index in [1.807, 2.05) is 12.1 Å². The Hall–Kier alpha value is -2.18. The van der Waals surface area contributed by atoms with Crippen LogP contribution in [0, 0.1) is 0 Å². The average Bonchev–Trinajstić information content (AvgIpc) is 3.04. The number of hydrogen-bond acceptors (Lipinski definition) is 4. The van der Waals surface area contributed by atoms with Crippen LogP contribution in [0.4, 0.5) is 0 Å². The number of nitrogens with one attached hydrogen (secondary N) is 1. The maximum absolute atomic E-state index is 12.5. The van der Waals surface area contributed by atoms with Gasteiger partial charge in [0.15, 0.2) is 0 Å². The summed E-state index contributed by atoms with van der Waals surface area (Å²) in [5.74, 6) is -0.193. The van der Waals surface area contributed by atoms with E-state index in [9.17, 15) is 13.2 Å². The van der Waals surface area contributed by atoms with Crippen LogP contribution < -0.4 is 4.72 Å². The first-order valence-corrected chi connectivity index (χ1v) is 10.2. The lowest BCUT2D eigenvalue weighted by molar-refractivity contribution is -0.140. The molecule has 0 bridgehead atoms. The van der Waals surface area contributed by atoms with Crippen molar-refractivity contribution in [1.82, 2.24) is 4.72 Å². The first kappa shape index (κ1) is 18.6. The van der Waals surface area contributed by atoms with Crippen molar-refractivity contribution < 1.29 is 17.9 Å². The number of esters is 1. The molecule has 1 aliphatic carbocycles. The Bertz CT molecular complexity index is 878. The summed E-state index contributed by atoms with van der Waals surface area (Å²) in [6.45, 7) is 0. The number of aryl methyl sites for hydroxylation is 2. The number of ether oxygens (including phenoxy) is 1. The van der Waals surface area contributed by atoms with Crippen molar-refractivity contribution in [2.24, 2.45) is 0 Å². The van der Waals surface area contributed by atoms with Crippen LogP contribution in [0.15, 0.2) is 53.4 Å². The highest BCUT2D eigenvalue weighted by Gasteiger charge is 2.27. The van der Waals surface area contributed by atoms with Crippen LogP contribution in [-0.4, -0.2) is 21.5 Å². The van der Waals surface area contributed by atoms with Gasteiger partial charge in [-0.3, -0.25) is 4.79 Å². The first-order chi connectivity index (χ1) is 12.5. The van der Waals surface area contributed by atoms with Gasteiger partial charge in [0.05, 0.1) is 12.0 Å². The number of methoxy groups -OCH3 is 1. The molecule has 0 saturated carbocycles. The van der Waals surface area contributed by atoms with Crippen molar-refractivity contribution in [3.63, 3.8) is 0 Å². The predicted octanol–water partition coefficient (Wildman–Crippen LogP) is 3.15. The van der Waals surface area contributed by atoms with Crippen molar-refractivity contribution in [2.75, 3.05) is 7.11 Å². The van der Waals surface area contributed by atoms with Crippen LogP contribution in [0.2, 0.25) is 0 Å². The SMILES string of the molecule is COC(=O)CCCc1ccc2c(c1)CCC2NS(=O)(=O)c1ccccc1. The van der Waals surface area contributed by atoms with E-state index >= 15 is 0 Å². The van der Waals surface area contributed by atoms with Crippen molar-refractivity contribution in [3.05, 3.63) is 65.2 Å². The molecule has 138 valence electrons. The maximum Gasteiger partial charge on any atom is 0.305 e. The molecule has 5 nitrogen and oxygen atoms in total. The van der Waals surface area contributed by atoms with E-state index in [-0.39, 0.29) is 16.9 Å². The van der Waals surface area contributed by atoms with E-state index in [1.54, 1.807) is 30.3 Å². The molecule has 26 heavy (non-hydrogen) atoms. The minimum Gasteiger partial charge on any atom is -0.469 e. The van der Waals surface area contributed by atoms with Crippen LogP contribution in [0.25, 0.3) is 0 Å². The summed E-state index contributed by atoms with van der Waals surface area (Å²) in [5, 5.41) is 0. The average molecular weight is 373 g/mol. The van der Waals surface area contributed by atoms with Gasteiger partial charge < -0.3 is 4.74 Å². The first-order valence-electron chi connectivity index (χ1n) is 8.75. The number of carbonyl (C=O) groups is 1. The molecule has 0 fully saturated rings. The van der Waals surface area contributed by atoms with Crippen molar-refractivity contribution in [3.8, 4) is 0 Å². The van der Waals surface area contributed by atoms with E-state index in [4.69, 9.17) is 0 Å². The van der Waals surface area contributed by atoms with Crippen molar-refractivity contribution in [2.45, 2.75) is 43.0 Å². The molecule has 2 aromatic carbocycles. The highest BCUT2D eigenvalue weighted by Crippen LogP contribution is 2.33. The molecule has 0 aliphatic heterocycles. The number of sulfonamides is 1. The fourth-order valence-corrected chi connectivity index (χ4v) is 4.61. The zero-order valence-corrected chi connectivity index (χ0v) is 15.6. The van der Waals surface area contributed by atoms with Crippen LogP contribution in [0.1, 0.15) is 42.0 Å². The van der Waals surface area contributed by atoms with Gasteiger partial charge in [-0.15, -0.1) is 0 Å². The largest absolute Gasteiger partial charge is 0.469 e. The molecular formula is C20H23NO4S. The highest BCUT2D eigenvalue weighted by atomic mass is 32.2. The van der Waals surface area contributed by atoms with Crippen LogP contribution in [0.3, 0.4) is 0 Å². The molecule has 1 atom stereocenters. The van der Waals surface area contributed by atoms with Crippen LogP contribution in [0.5, 0.6) is 0 Å². The maximum atomic E-state index is 12.5. The lowest BCUT2D eigenvalue weighted by Crippen LogP contribution is -2.27. The Morgan fingerprint density at radius 2 is 1.96 bits per heavy atom. The number of benzene rings is 2. The van der Waals surface area contributed by atoms with Gasteiger partial charge in [0, 0.05) is 12.5 Å². The highest BCUT2D eigenvalue weighted by molar-refractivity contribution is 7.89. The Morgan fingerprint density at radius 3 is 2.69 bits per heavy atom. The minimum absolute atomic E-state index is 0.193. The number of fused-ring (bicyclic) bond motifs is 1. The molecule has 2 aromatic rings. The van der Waals surface area contributed by atoms with Gasteiger partial charge in [-0.05, 0) is 54.5 Å². The fraction of sp³-hybridized carbons (Fsp3) is 0.350. The van der Waals surface area contributed by atoms with Gasteiger partial charge in [0.1, 0.15) is 0 Å². The molecule has 1 aliphatic rings. The van der Waals surface area contributed by atoms with E-state index in [0.717, 1.165) is 31.2 Å². The molecule has 3 rings (SSSR count). The van der Waals surface area contributed by atoms with Gasteiger partial charge in [-0.1, -0.05) is 36.4 Å². The minimum atomic E-state index is -3.52. The molecule has 0 aromatic heterocycles. The number of carbonyl (C=O) groups excluding carboxylic acids is 1. The zero-order valence-electron chi connectivity index (χ0n) is 14.8. The molecular weight excluding hydrogens is 350 g/mol. The summed E-state index contributed by atoms with van der Waals surface area (Å²) in [5.41, 5.74) is 3.39. The second-order valence-corrected chi connectivity index (χ2v) is 8.20. The van der Waals surface area contributed by atoms with E-state index in [2.05, 4.69) is 15.5 Å². The van der Waals surface area contributed by atoms with Gasteiger partial charge in [0.2, 0.25) is 10.0 Å². The molecule has 0 heterocycles. The molecule has 0 spiro atoms. The summed E-state index contributed by atoms with van der Waals surface area (Å²) >= 11 is 0. The Morgan fingerprint density at radius 1 is 1.19 bits per heavy atom. The monoisotopic (exact) mass is 373 g/mol. The molecule has 0 saturated heterocycles. The lowest BCUT2D eigenvalue weighted by atomic mass is 10.0. The van der Waals surface area contributed by atoms with Crippen molar-refractivity contribution >= 4 is 16.0 Å². The van der Waals surface area contributed by atoms with Crippen LogP contribution in [-0.2, 0) is 32.4 Å². The third-order valence-corrected chi connectivity index (χ3v) is 6.20. The fourth-order valence-electron chi connectivity index (χ4n) is 3.34. The summed E-state index contributed by atoms with van der Waals surface area (Å²) in [6.07, 6.45) is 3.57. The van der Waals surface area contributed by atoms with Crippen LogP contribution >= 0.6 is 0 Å². The van der Waals surface area contributed by atoms with E-state index in [1.165, 1.54) is 18.2 Å².